The van der Waals surface area contributed by atoms with E-state index in [4.69, 9.17) is 14.2 Å². The highest BCUT2D eigenvalue weighted by Gasteiger charge is 2.20. The molecule has 0 amide bonds. The molecule has 2 rings (SSSR count). The van der Waals surface area contributed by atoms with Gasteiger partial charge in [0, 0.05) is 12.1 Å². The Morgan fingerprint density at radius 3 is 2.44 bits per heavy atom. The molecule has 0 saturated heterocycles. The minimum atomic E-state index is -0.827. The van der Waals surface area contributed by atoms with Gasteiger partial charge in [-0.25, -0.2) is 4.79 Å². The maximum Gasteiger partial charge on any atom is 0.338 e. The van der Waals surface area contributed by atoms with Crippen molar-refractivity contribution < 1.29 is 28.7 Å². The van der Waals surface area contributed by atoms with E-state index in [-0.39, 0.29) is 22.6 Å². The Bertz CT molecular complexity index is 882. The molecule has 0 aliphatic rings. The minimum absolute atomic E-state index is 0.00556. The first-order valence-electron chi connectivity index (χ1n) is 7.66. The number of methoxy groups -OCH3 is 2. The molecule has 0 aromatic heterocycles. The van der Waals surface area contributed by atoms with Crippen molar-refractivity contribution in [2.45, 2.75) is 4.90 Å². The molecule has 0 fully saturated rings. The smallest absolute Gasteiger partial charge is 0.338 e. The summed E-state index contributed by atoms with van der Waals surface area (Å²) in [6, 6.07) is 8.65. The molecule has 0 aliphatic heterocycles. The fourth-order valence-electron chi connectivity index (χ4n) is 2.28. The van der Waals surface area contributed by atoms with Gasteiger partial charge in [0.2, 0.25) is 5.78 Å². The van der Waals surface area contributed by atoms with Crippen molar-refractivity contribution in [3.8, 4) is 11.5 Å². The SMILES string of the molecule is COc1ccc(C(=O)COC(=O)c2ccc(SC)c([N+](=O)[O-])c2)c(OC)c1. The van der Waals surface area contributed by atoms with Crippen molar-refractivity contribution >= 4 is 29.2 Å². The van der Waals surface area contributed by atoms with E-state index >= 15 is 0 Å². The fraction of sp³-hybridized carbons (Fsp3) is 0.222. The van der Waals surface area contributed by atoms with Gasteiger partial charge >= 0.3 is 5.97 Å². The normalized spacial score (nSPS) is 10.2. The molecule has 0 heterocycles. The molecular formula is C18H17NO7S. The second-order valence-electron chi connectivity index (χ2n) is 5.21. The molecule has 9 heteroatoms. The van der Waals surface area contributed by atoms with Crippen molar-refractivity contribution in [1.82, 2.24) is 0 Å². The van der Waals surface area contributed by atoms with Crippen molar-refractivity contribution in [1.29, 1.82) is 0 Å². The highest BCUT2D eigenvalue weighted by molar-refractivity contribution is 7.98. The Kier molecular flexibility index (Phi) is 6.78. The average molecular weight is 391 g/mol. The molecule has 0 saturated carbocycles. The first-order chi connectivity index (χ1) is 12.9. The number of carbonyl (C=O) groups is 2. The van der Waals surface area contributed by atoms with Crippen LogP contribution in [0, 0.1) is 10.1 Å². The van der Waals surface area contributed by atoms with Gasteiger partial charge in [-0.2, -0.15) is 0 Å². The maximum absolute atomic E-state index is 12.3. The monoisotopic (exact) mass is 391 g/mol. The van der Waals surface area contributed by atoms with Gasteiger partial charge in [-0.15, -0.1) is 11.8 Å². The maximum atomic E-state index is 12.3. The van der Waals surface area contributed by atoms with E-state index in [9.17, 15) is 19.7 Å². The molecule has 8 nitrogen and oxygen atoms in total. The molecule has 0 atom stereocenters. The first-order valence-corrected chi connectivity index (χ1v) is 8.88. The molecule has 0 aliphatic carbocycles. The lowest BCUT2D eigenvalue weighted by molar-refractivity contribution is -0.387. The third kappa shape index (κ3) is 4.76. The first kappa shape index (κ1) is 20.2. The predicted octanol–water partition coefficient (Wildman–Crippen LogP) is 3.37. The van der Waals surface area contributed by atoms with Crippen LogP contribution in [0.5, 0.6) is 11.5 Å². The number of nitro benzene ring substituents is 1. The van der Waals surface area contributed by atoms with Crippen LogP contribution in [0.25, 0.3) is 0 Å². The molecule has 0 N–H and O–H groups in total. The number of hydrogen-bond acceptors (Lipinski definition) is 8. The summed E-state index contributed by atoms with van der Waals surface area (Å²) < 4.78 is 15.2. The van der Waals surface area contributed by atoms with Crippen molar-refractivity contribution in [2.75, 3.05) is 27.1 Å². The number of Topliss-reactive ketones (excluding diaryl/α,β-unsaturated/α-hetero) is 1. The summed E-state index contributed by atoms with van der Waals surface area (Å²) in [6.45, 7) is -0.528. The molecular weight excluding hydrogens is 374 g/mol. The number of ketones is 1. The van der Waals surface area contributed by atoms with Crippen LogP contribution >= 0.6 is 11.8 Å². The summed E-state index contributed by atoms with van der Waals surface area (Å²) in [4.78, 5) is 35.4. The van der Waals surface area contributed by atoms with Gasteiger partial charge < -0.3 is 14.2 Å². The third-order valence-corrected chi connectivity index (χ3v) is 4.44. The van der Waals surface area contributed by atoms with Crippen LogP contribution in [0.4, 0.5) is 5.69 Å². The summed E-state index contributed by atoms with van der Waals surface area (Å²) in [7, 11) is 2.89. The van der Waals surface area contributed by atoms with Crippen LogP contribution in [0.3, 0.4) is 0 Å². The standard InChI is InChI=1S/C18H17NO7S/c1-24-12-5-6-13(16(9-12)25-2)15(20)10-26-18(21)11-4-7-17(27-3)14(8-11)19(22)23/h4-9H,10H2,1-3H3. The summed E-state index contributed by atoms with van der Waals surface area (Å²) in [6.07, 6.45) is 1.70. The lowest BCUT2D eigenvalue weighted by Crippen LogP contribution is -2.15. The highest BCUT2D eigenvalue weighted by Crippen LogP contribution is 2.29. The minimum Gasteiger partial charge on any atom is -0.497 e. The molecule has 142 valence electrons. The second kappa shape index (κ2) is 9.04. The third-order valence-electron chi connectivity index (χ3n) is 3.65. The van der Waals surface area contributed by atoms with Crippen molar-refractivity contribution in [3.05, 3.63) is 57.6 Å². The number of carbonyl (C=O) groups excluding carboxylic acids is 2. The molecule has 0 bridgehead atoms. The molecule has 2 aromatic rings. The highest BCUT2D eigenvalue weighted by atomic mass is 32.2. The summed E-state index contributed by atoms with van der Waals surface area (Å²) >= 11 is 1.19. The zero-order valence-corrected chi connectivity index (χ0v) is 15.7. The van der Waals surface area contributed by atoms with Crippen molar-refractivity contribution in [3.63, 3.8) is 0 Å². The van der Waals surface area contributed by atoms with E-state index < -0.39 is 23.3 Å². The molecule has 27 heavy (non-hydrogen) atoms. The average Bonchev–Trinajstić information content (AvgIpc) is 2.70. The van der Waals surface area contributed by atoms with Crippen molar-refractivity contribution in [2.24, 2.45) is 0 Å². The number of ether oxygens (including phenoxy) is 3. The van der Waals surface area contributed by atoms with Crippen LogP contribution in [0.1, 0.15) is 20.7 Å². The topological polar surface area (TPSA) is 105 Å². The van der Waals surface area contributed by atoms with Gasteiger partial charge in [0.25, 0.3) is 5.69 Å². The number of nitrogens with zero attached hydrogens (tertiary/aromatic N) is 1. The number of rotatable bonds is 8. The van der Waals surface area contributed by atoms with Gasteiger partial charge in [0.1, 0.15) is 11.5 Å². The van der Waals surface area contributed by atoms with E-state index in [1.807, 2.05) is 0 Å². The van der Waals surface area contributed by atoms with E-state index in [1.165, 1.54) is 44.2 Å². The van der Waals surface area contributed by atoms with Gasteiger partial charge in [0.05, 0.1) is 35.2 Å². The van der Waals surface area contributed by atoms with Gasteiger partial charge in [-0.05, 0) is 30.5 Å². The van der Waals surface area contributed by atoms with E-state index in [0.717, 1.165) is 6.07 Å². The van der Waals surface area contributed by atoms with Crippen LogP contribution in [0.15, 0.2) is 41.3 Å². The Balaban J connectivity index is 2.13. The van der Waals surface area contributed by atoms with Crippen LogP contribution in [0.2, 0.25) is 0 Å². The number of benzene rings is 2. The quantitative estimate of drug-likeness (QED) is 0.222. The van der Waals surface area contributed by atoms with Crippen LogP contribution < -0.4 is 9.47 Å². The van der Waals surface area contributed by atoms with E-state index in [0.29, 0.717) is 10.6 Å². The van der Waals surface area contributed by atoms with E-state index in [1.54, 1.807) is 18.4 Å². The Labute approximate surface area is 159 Å². The number of esters is 1. The lowest BCUT2D eigenvalue weighted by Gasteiger charge is -2.10. The second-order valence-corrected chi connectivity index (χ2v) is 6.06. The van der Waals surface area contributed by atoms with Gasteiger partial charge in [0.15, 0.2) is 6.61 Å². The number of thioether (sulfide) groups is 1. The van der Waals surface area contributed by atoms with Crippen LogP contribution in [-0.4, -0.2) is 43.8 Å². The summed E-state index contributed by atoms with van der Waals surface area (Å²) in [5, 5.41) is 11.1. The Morgan fingerprint density at radius 1 is 1.11 bits per heavy atom. The zero-order chi connectivity index (χ0) is 20.0. The Morgan fingerprint density at radius 2 is 1.85 bits per heavy atom. The number of nitro groups is 1. The molecule has 2 aromatic carbocycles. The van der Waals surface area contributed by atoms with Crippen LogP contribution in [-0.2, 0) is 4.74 Å². The molecule has 0 unspecified atom stereocenters. The summed E-state index contributed by atoms with van der Waals surface area (Å²) in [5.74, 6) is -0.499. The predicted molar refractivity (Wildman–Crippen MR) is 99.0 cm³/mol. The molecule has 0 spiro atoms. The van der Waals surface area contributed by atoms with Gasteiger partial charge in [-0.1, -0.05) is 0 Å². The zero-order valence-electron chi connectivity index (χ0n) is 14.9. The van der Waals surface area contributed by atoms with E-state index in [2.05, 4.69) is 0 Å². The largest absolute Gasteiger partial charge is 0.497 e. The number of hydrogen-bond donors (Lipinski definition) is 0. The fourth-order valence-corrected chi connectivity index (χ4v) is 2.83. The Hall–Kier alpha value is -3.07. The summed E-state index contributed by atoms with van der Waals surface area (Å²) in [5.41, 5.74) is 0.0314. The lowest BCUT2D eigenvalue weighted by atomic mass is 10.1. The van der Waals surface area contributed by atoms with Gasteiger partial charge in [-0.3, -0.25) is 14.9 Å². The molecule has 0 radical (unpaired) electrons.